The minimum absolute atomic E-state index is 0.122. The molecule has 0 aliphatic heterocycles. The number of carboxylic acids is 1. The zero-order valence-corrected chi connectivity index (χ0v) is 12.4. The summed E-state index contributed by atoms with van der Waals surface area (Å²) in [6.45, 7) is 0.890. The summed E-state index contributed by atoms with van der Waals surface area (Å²) in [5.41, 5.74) is 0.854. The molecule has 0 heterocycles. The zero-order valence-electron chi connectivity index (χ0n) is 12.4. The number of carbonyl (C=O) groups is 2. The second kappa shape index (κ2) is 8.97. The van der Waals surface area contributed by atoms with Gasteiger partial charge in [-0.2, -0.15) is 0 Å². The van der Waals surface area contributed by atoms with Gasteiger partial charge in [0.1, 0.15) is 12.6 Å². The first-order chi connectivity index (χ1) is 9.99. The molecule has 1 rings (SSSR count). The minimum Gasteiger partial charge on any atom is -0.480 e. The fourth-order valence-electron chi connectivity index (χ4n) is 1.78. The van der Waals surface area contributed by atoms with Crippen LogP contribution >= 0.6 is 0 Å². The summed E-state index contributed by atoms with van der Waals surface area (Å²) in [4.78, 5) is 24.7. The van der Waals surface area contributed by atoms with E-state index in [-0.39, 0.29) is 6.61 Å². The first kappa shape index (κ1) is 17.0. The van der Waals surface area contributed by atoms with Crippen LogP contribution in [0.3, 0.4) is 0 Å². The topological polar surface area (TPSA) is 78.9 Å². The van der Waals surface area contributed by atoms with Gasteiger partial charge < -0.3 is 20.1 Å². The third-order valence-electron chi connectivity index (χ3n) is 2.90. The molecule has 0 bridgehead atoms. The summed E-state index contributed by atoms with van der Waals surface area (Å²) in [6, 6.07) is 8.30. The van der Waals surface area contributed by atoms with Gasteiger partial charge in [0, 0.05) is 0 Å². The number of aliphatic carboxylic acids is 1. The number of rotatable bonds is 8. The number of carboxylic acid groups (broad SMARTS) is 1. The fourth-order valence-corrected chi connectivity index (χ4v) is 1.78. The van der Waals surface area contributed by atoms with Crippen LogP contribution in [0.1, 0.15) is 18.4 Å². The Morgan fingerprint density at radius 1 is 1.29 bits per heavy atom. The lowest BCUT2D eigenvalue weighted by Crippen LogP contribution is -2.41. The highest BCUT2D eigenvalue weighted by Crippen LogP contribution is 2.03. The number of ether oxygens (including phenoxy) is 1. The summed E-state index contributed by atoms with van der Waals surface area (Å²) < 4.78 is 5.01. The third-order valence-corrected chi connectivity index (χ3v) is 2.90. The Morgan fingerprint density at radius 3 is 2.52 bits per heavy atom. The minimum atomic E-state index is -1.05. The Kier molecular flexibility index (Phi) is 7.25. The van der Waals surface area contributed by atoms with E-state index in [9.17, 15) is 9.59 Å². The van der Waals surface area contributed by atoms with Gasteiger partial charge >= 0.3 is 12.1 Å². The number of carbonyl (C=O) groups excluding carboxylic acids is 1. The molecule has 6 heteroatoms. The van der Waals surface area contributed by atoms with Crippen LogP contribution in [-0.2, 0) is 16.1 Å². The molecule has 1 unspecified atom stereocenters. The van der Waals surface area contributed by atoms with E-state index in [2.05, 4.69) is 5.32 Å². The lowest BCUT2D eigenvalue weighted by molar-refractivity contribution is -0.139. The van der Waals surface area contributed by atoms with E-state index in [0.29, 0.717) is 12.8 Å². The van der Waals surface area contributed by atoms with Crippen molar-refractivity contribution in [1.29, 1.82) is 0 Å². The van der Waals surface area contributed by atoms with Gasteiger partial charge in [-0.3, -0.25) is 0 Å². The van der Waals surface area contributed by atoms with Crippen molar-refractivity contribution in [3.63, 3.8) is 0 Å². The number of benzene rings is 1. The van der Waals surface area contributed by atoms with Crippen molar-refractivity contribution in [1.82, 2.24) is 10.2 Å². The van der Waals surface area contributed by atoms with E-state index in [1.54, 1.807) is 0 Å². The van der Waals surface area contributed by atoms with Gasteiger partial charge in [0.25, 0.3) is 0 Å². The normalized spacial score (nSPS) is 12.0. The van der Waals surface area contributed by atoms with E-state index in [1.807, 2.05) is 49.3 Å². The van der Waals surface area contributed by atoms with Crippen molar-refractivity contribution in [2.24, 2.45) is 0 Å². The molecule has 2 N–H and O–H groups in total. The van der Waals surface area contributed by atoms with E-state index in [4.69, 9.17) is 9.84 Å². The maximum Gasteiger partial charge on any atom is 0.408 e. The lowest BCUT2D eigenvalue weighted by Gasteiger charge is -2.16. The molecule has 0 aromatic heterocycles. The zero-order chi connectivity index (χ0) is 15.7. The Bertz CT molecular complexity index is 448. The second-order valence-corrected chi connectivity index (χ2v) is 5.04. The Labute approximate surface area is 124 Å². The molecule has 21 heavy (non-hydrogen) atoms. The van der Waals surface area contributed by atoms with E-state index >= 15 is 0 Å². The SMILES string of the molecule is CN(C)CCCC(NC(=O)OCc1ccccc1)C(=O)O. The van der Waals surface area contributed by atoms with Gasteiger partial charge in [-0.25, -0.2) is 9.59 Å². The molecule has 0 saturated heterocycles. The highest BCUT2D eigenvalue weighted by Gasteiger charge is 2.20. The molecule has 116 valence electrons. The standard InChI is InChI=1S/C15H22N2O4/c1-17(2)10-6-9-13(14(18)19)16-15(20)21-11-12-7-4-3-5-8-12/h3-5,7-8,13H,6,9-11H2,1-2H3,(H,16,20)(H,18,19). The number of hydrogen-bond acceptors (Lipinski definition) is 4. The summed E-state index contributed by atoms with van der Waals surface area (Å²) in [5.74, 6) is -1.05. The number of amides is 1. The third kappa shape index (κ3) is 7.31. The molecule has 1 aromatic carbocycles. The molecular formula is C15H22N2O4. The number of alkyl carbamates (subject to hydrolysis) is 1. The molecular weight excluding hydrogens is 272 g/mol. The Hall–Kier alpha value is -2.08. The van der Waals surface area contributed by atoms with Gasteiger partial charge in [0.05, 0.1) is 0 Å². The van der Waals surface area contributed by atoms with Crippen LogP contribution in [0.4, 0.5) is 4.79 Å². The van der Waals surface area contributed by atoms with Gasteiger partial charge in [0.2, 0.25) is 0 Å². The maximum absolute atomic E-state index is 11.6. The summed E-state index contributed by atoms with van der Waals surface area (Å²) in [7, 11) is 3.83. The smallest absolute Gasteiger partial charge is 0.408 e. The first-order valence-electron chi connectivity index (χ1n) is 6.84. The first-order valence-corrected chi connectivity index (χ1v) is 6.84. The van der Waals surface area contributed by atoms with Crippen molar-refractivity contribution in [2.75, 3.05) is 20.6 Å². The number of nitrogens with one attached hydrogen (secondary N) is 1. The molecule has 0 spiro atoms. The summed E-state index contributed by atoms with van der Waals surface area (Å²) in [6.07, 6.45) is 0.341. The van der Waals surface area contributed by atoms with Crippen molar-refractivity contribution in [3.8, 4) is 0 Å². The van der Waals surface area contributed by atoms with Gasteiger partial charge in [-0.1, -0.05) is 30.3 Å². The van der Waals surface area contributed by atoms with Crippen LogP contribution in [0.25, 0.3) is 0 Å². The Morgan fingerprint density at radius 2 is 1.95 bits per heavy atom. The number of nitrogens with zero attached hydrogens (tertiary/aromatic N) is 1. The van der Waals surface area contributed by atoms with E-state index in [0.717, 1.165) is 12.1 Å². The molecule has 0 aliphatic carbocycles. The van der Waals surface area contributed by atoms with Crippen LogP contribution in [0.15, 0.2) is 30.3 Å². The van der Waals surface area contributed by atoms with Crippen LogP contribution < -0.4 is 5.32 Å². The highest BCUT2D eigenvalue weighted by atomic mass is 16.5. The molecule has 1 atom stereocenters. The molecule has 0 radical (unpaired) electrons. The predicted octanol–water partition coefficient (Wildman–Crippen LogP) is 1.71. The van der Waals surface area contributed by atoms with E-state index < -0.39 is 18.1 Å². The molecule has 1 aromatic rings. The van der Waals surface area contributed by atoms with Crippen molar-refractivity contribution < 1.29 is 19.4 Å². The number of hydrogen-bond donors (Lipinski definition) is 2. The van der Waals surface area contributed by atoms with E-state index in [1.165, 1.54) is 0 Å². The molecule has 0 aliphatic rings. The second-order valence-electron chi connectivity index (χ2n) is 5.04. The lowest BCUT2D eigenvalue weighted by atomic mass is 10.1. The Balaban J connectivity index is 2.36. The molecule has 0 saturated carbocycles. The van der Waals surface area contributed by atoms with Crippen LogP contribution in [0.5, 0.6) is 0 Å². The summed E-state index contributed by atoms with van der Waals surface area (Å²) in [5, 5.41) is 11.5. The van der Waals surface area contributed by atoms with Gasteiger partial charge in [-0.05, 0) is 39.0 Å². The van der Waals surface area contributed by atoms with Crippen molar-refractivity contribution >= 4 is 12.1 Å². The largest absolute Gasteiger partial charge is 0.480 e. The average molecular weight is 294 g/mol. The van der Waals surface area contributed by atoms with Crippen LogP contribution in [0, 0.1) is 0 Å². The maximum atomic E-state index is 11.6. The molecule has 6 nitrogen and oxygen atoms in total. The van der Waals surface area contributed by atoms with Gasteiger partial charge in [-0.15, -0.1) is 0 Å². The highest BCUT2D eigenvalue weighted by molar-refractivity contribution is 5.79. The monoisotopic (exact) mass is 294 g/mol. The quantitative estimate of drug-likeness (QED) is 0.763. The summed E-state index contributed by atoms with van der Waals surface area (Å²) >= 11 is 0. The van der Waals surface area contributed by atoms with Crippen molar-refractivity contribution in [2.45, 2.75) is 25.5 Å². The molecule has 0 fully saturated rings. The van der Waals surface area contributed by atoms with Gasteiger partial charge in [0.15, 0.2) is 0 Å². The molecule has 1 amide bonds. The van der Waals surface area contributed by atoms with Crippen molar-refractivity contribution in [3.05, 3.63) is 35.9 Å². The predicted molar refractivity (Wildman–Crippen MR) is 79.0 cm³/mol. The average Bonchev–Trinajstić information content (AvgIpc) is 2.44. The van der Waals surface area contributed by atoms with Crippen LogP contribution in [-0.4, -0.2) is 48.8 Å². The van der Waals surface area contributed by atoms with Crippen LogP contribution in [0.2, 0.25) is 0 Å². The fraction of sp³-hybridized carbons (Fsp3) is 0.467.